The molecule has 2 saturated heterocycles. The monoisotopic (exact) mass is 978 g/mol. The van der Waals surface area contributed by atoms with Gasteiger partial charge in [-0.15, -0.1) is 0 Å². The lowest BCUT2D eigenvalue weighted by Gasteiger charge is -2.47. The fourth-order valence-corrected chi connectivity index (χ4v) is 21.8. The molecule has 1 N–H and O–H groups in total. The first-order chi connectivity index (χ1) is 29.1. The van der Waals surface area contributed by atoms with Gasteiger partial charge in [-0.2, -0.15) is 5.26 Å². The molecule has 2 aliphatic heterocycles. The molecule has 0 aromatic carbocycles. The van der Waals surface area contributed by atoms with Crippen LogP contribution in [-0.4, -0.2) is 96.3 Å². The highest BCUT2D eigenvalue weighted by Gasteiger charge is 2.60. The molecule has 25 heteroatoms. The van der Waals surface area contributed by atoms with E-state index >= 15 is 4.39 Å². The highest BCUT2D eigenvalue weighted by molar-refractivity contribution is 8.44. The maximum absolute atomic E-state index is 15.9. The summed E-state index contributed by atoms with van der Waals surface area (Å²) < 4.78 is 91.7. The van der Waals surface area contributed by atoms with E-state index in [-0.39, 0.29) is 59.3 Å². The highest BCUT2D eigenvalue weighted by Crippen LogP contribution is 2.60. The summed E-state index contributed by atoms with van der Waals surface area (Å²) in [5.74, 6) is -1.04. The van der Waals surface area contributed by atoms with E-state index < -0.39 is 91.3 Å². The molecule has 0 unspecified atom stereocenters. The van der Waals surface area contributed by atoms with Gasteiger partial charge in [-0.05, 0) is 40.4 Å². The summed E-state index contributed by atoms with van der Waals surface area (Å²) in [6.07, 6.45) is -0.522. The van der Waals surface area contributed by atoms with Crippen LogP contribution in [0.1, 0.15) is 80.9 Å². The van der Waals surface area contributed by atoms with E-state index in [0.717, 1.165) is 10.8 Å². The Bertz CT molecular complexity index is 2220. The van der Waals surface area contributed by atoms with Crippen molar-refractivity contribution in [3.63, 3.8) is 0 Å². The number of ether oxygens (including phenoxy) is 2. The number of halogens is 1. The largest absolute Gasteiger partial charge is 0.474 e. The van der Waals surface area contributed by atoms with Crippen LogP contribution in [0.4, 0.5) is 4.39 Å². The quantitative estimate of drug-likeness (QED) is 0.0700. The van der Waals surface area contributed by atoms with Gasteiger partial charge in [0.2, 0.25) is 5.88 Å². The molecular formula is C37H57FN6O12P2S2Si2. The molecule has 18 nitrogen and oxygen atoms in total. The third-order valence-electron chi connectivity index (χ3n) is 11.6. The number of nitriles is 1. The van der Waals surface area contributed by atoms with Gasteiger partial charge >= 0.3 is 30.6 Å². The molecule has 5 heterocycles. The minimum absolute atomic E-state index is 0.0578. The first kappa shape index (κ1) is 49.5. The SMILES string of the molecule is CC(C)[Si](O)(O[Si](O[C@H]1[C@H]2O[P@@](=S)(OCCC#N)OC[C@H]3C[C@@H](Oc4ccncn4)C[C@@H]3O[P@](=O)(S)OC[C@H]1O[C@H]2n1cc(F)c2c(=O)n(C)cnc21)(C(C)C)C(C)C)C(C)C. The Kier molecular flexibility index (Phi) is 15.8. The average molecular weight is 979 g/mol. The molecule has 0 amide bonds. The van der Waals surface area contributed by atoms with Crippen LogP contribution in [0.5, 0.6) is 5.88 Å². The van der Waals surface area contributed by atoms with Gasteiger partial charge < -0.3 is 41.0 Å². The molecule has 3 aliphatic rings. The van der Waals surface area contributed by atoms with Crippen LogP contribution in [0.25, 0.3) is 11.0 Å². The van der Waals surface area contributed by atoms with Crippen molar-refractivity contribution in [2.24, 2.45) is 13.0 Å². The van der Waals surface area contributed by atoms with E-state index in [1.165, 1.54) is 24.3 Å². The molecule has 3 aromatic heterocycles. The summed E-state index contributed by atoms with van der Waals surface area (Å²) in [5, 5.41) is 9.21. The van der Waals surface area contributed by atoms with Crippen LogP contribution in [0.3, 0.4) is 0 Å². The predicted octanol–water partition coefficient (Wildman–Crippen LogP) is 7.35. The van der Waals surface area contributed by atoms with Crippen molar-refractivity contribution >= 4 is 65.7 Å². The molecule has 3 fully saturated rings. The zero-order valence-electron chi connectivity index (χ0n) is 36.2. The second-order valence-electron chi connectivity index (χ2n) is 17.1. The smallest absolute Gasteiger partial charge is 0.386 e. The summed E-state index contributed by atoms with van der Waals surface area (Å²) in [6.45, 7) is 6.60. The number of hydrogen-bond acceptors (Lipinski definition) is 17. The fourth-order valence-electron chi connectivity index (χ4n) is 8.23. The van der Waals surface area contributed by atoms with Gasteiger partial charge in [0.1, 0.15) is 36.1 Å². The molecule has 6 rings (SSSR count). The summed E-state index contributed by atoms with van der Waals surface area (Å²) in [4.78, 5) is 38.1. The number of aryl methyl sites for hydroxylation is 1. The average Bonchev–Trinajstić information content (AvgIpc) is 3.85. The highest BCUT2D eigenvalue weighted by atomic mass is 32.7. The van der Waals surface area contributed by atoms with Gasteiger partial charge in [-0.3, -0.25) is 18.4 Å². The molecule has 1 aliphatic carbocycles. The third-order valence-corrected chi connectivity index (χ3v) is 25.3. The van der Waals surface area contributed by atoms with Crippen LogP contribution < -0.4 is 10.3 Å². The van der Waals surface area contributed by atoms with Crippen molar-refractivity contribution in [3.05, 3.63) is 47.3 Å². The minimum Gasteiger partial charge on any atom is -0.474 e. The molecule has 0 spiro atoms. The van der Waals surface area contributed by atoms with Crippen molar-refractivity contribution in [2.75, 3.05) is 19.8 Å². The van der Waals surface area contributed by atoms with Crippen LogP contribution >= 0.6 is 25.8 Å². The van der Waals surface area contributed by atoms with Crippen LogP contribution in [0.2, 0.25) is 22.2 Å². The first-order valence-electron chi connectivity index (χ1n) is 20.6. The zero-order valence-corrected chi connectivity index (χ0v) is 41.7. The molecule has 62 heavy (non-hydrogen) atoms. The summed E-state index contributed by atoms with van der Waals surface area (Å²) >= 11 is 10.6. The molecular weight excluding hydrogens is 922 g/mol. The standard InChI is InChI=1S/C37H57FN6O12P2S2Si2/c1-22(2)61(47,23(3)4)56-62(24(5)6,25(7)8)55-33-30-19-49-57(46,59)53-29-16-27(51-31-11-13-40-20-41-31)15-26(29)18-50-58(60,48-14-10-12-39)54-34(33)37(52-30)44-17-28(38)32-35(44)42-21-43(9)36(32)45/h11,13,17,20-27,29-30,33-34,37,47H,10,14-16,18-19H2,1-9H3,(H,46,59)/t26-,27-,29+,30-,33-,34-,37-,57-,58-/m1/s1. The maximum atomic E-state index is 15.9. The Balaban J connectivity index is 1.50. The van der Waals surface area contributed by atoms with Crippen LogP contribution in [0.15, 0.2) is 35.9 Å². The number of rotatable bonds is 14. The van der Waals surface area contributed by atoms with E-state index in [2.05, 4.69) is 27.2 Å². The van der Waals surface area contributed by atoms with E-state index in [4.69, 9.17) is 52.4 Å². The van der Waals surface area contributed by atoms with E-state index in [9.17, 15) is 19.4 Å². The van der Waals surface area contributed by atoms with Crippen molar-refractivity contribution in [3.8, 4) is 11.9 Å². The number of nitrogens with zero attached hydrogens (tertiary/aromatic N) is 6. The normalized spacial score (nSPS) is 30.1. The molecule has 3 aromatic rings. The number of thiol groups is 1. The van der Waals surface area contributed by atoms with E-state index in [0.29, 0.717) is 12.3 Å². The zero-order chi connectivity index (χ0) is 45.4. The Morgan fingerprint density at radius 2 is 1.77 bits per heavy atom. The third kappa shape index (κ3) is 10.5. The van der Waals surface area contributed by atoms with Crippen LogP contribution in [-0.2, 0) is 59.3 Å². The lowest BCUT2D eigenvalue weighted by atomic mass is 10.1. The molecule has 0 radical (unpaired) electrons. The topological polar surface area (TPSA) is 210 Å². The van der Waals surface area contributed by atoms with Gasteiger partial charge in [0, 0.05) is 37.8 Å². The number of aromatic nitrogens is 5. The van der Waals surface area contributed by atoms with Crippen molar-refractivity contribution < 1.29 is 54.4 Å². The van der Waals surface area contributed by atoms with Crippen molar-refractivity contribution in [1.29, 1.82) is 5.26 Å². The lowest BCUT2D eigenvalue weighted by molar-refractivity contribution is -0.0505. The second-order valence-corrected chi connectivity index (χ2v) is 31.5. The van der Waals surface area contributed by atoms with Gasteiger partial charge in [-0.25, -0.2) is 23.9 Å². The summed E-state index contributed by atoms with van der Waals surface area (Å²) in [5.41, 5.74) is -1.73. The lowest BCUT2D eigenvalue weighted by Crippen LogP contribution is -2.62. The Morgan fingerprint density at radius 3 is 2.40 bits per heavy atom. The van der Waals surface area contributed by atoms with Gasteiger partial charge in [-0.1, -0.05) is 67.6 Å². The first-order valence-corrected chi connectivity index (χ1v) is 29.9. The maximum Gasteiger partial charge on any atom is 0.386 e. The van der Waals surface area contributed by atoms with E-state index in [1.54, 1.807) is 12.3 Å². The molecule has 2 bridgehead atoms. The Hall–Kier alpha value is -1.98. The fraction of sp³-hybridized carbons (Fsp3) is 0.703. The Labute approximate surface area is 373 Å². The minimum atomic E-state index is -4.21. The van der Waals surface area contributed by atoms with Gasteiger partial charge in [0.25, 0.3) is 5.56 Å². The second kappa shape index (κ2) is 19.9. The number of hydrogen-bond donors (Lipinski definition) is 2. The van der Waals surface area contributed by atoms with E-state index in [1.807, 2.05) is 61.5 Å². The summed E-state index contributed by atoms with van der Waals surface area (Å²) in [7, 11) is -5.74. The van der Waals surface area contributed by atoms with Gasteiger partial charge in [0.05, 0.1) is 44.7 Å². The predicted molar refractivity (Wildman–Crippen MR) is 237 cm³/mol. The molecule has 344 valence electrons. The Morgan fingerprint density at radius 1 is 1.06 bits per heavy atom. The van der Waals surface area contributed by atoms with Crippen molar-refractivity contribution in [1.82, 2.24) is 24.1 Å². The molecule has 1 saturated carbocycles. The van der Waals surface area contributed by atoms with Gasteiger partial charge in [0.15, 0.2) is 17.7 Å². The van der Waals surface area contributed by atoms with Crippen LogP contribution in [0, 0.1) is 23.1 Å². The number of fused-ring (bicyclic) bond motifs is 4. The molecule has 9 atom stereocenters. The van der Waals surface area contributed by atoms with Crippen molar-refractivity contribution in [2.45, 2.75) is 134 Å². The summed E-state index contributed by atoms with van der Waals surface area (Å²) in [6, 6.07) is 3.66.